The lowest BCUT2D eigenvalue weighted by atomic mass is 10.2. The lowest BCUT2D eigenvalue weighted by Crippen LogP contribution is -2.05. The van der Waals surface area contributed by atoms with Gasteiger partial charge in [0.25, 0.3) is 0 Å². The number of imidazole rings is 1. The molecule has 0 saturated heterocycles. The number of nitrogen functional groups attached to an aromatic ring is 1. The van der Waals surface area contributed by atoms with Gasteiger partial charge in [-0.25, -0.2) is 9.97 Å². The Morgan fingerprint density at radius 1 is 1.35 bits per heavy atom. The SMILES string of the molecule is COc1ncnc2c1nc(N)n2Cc1cccc(Cl)c1. The third-order valence-electron chi connectivity index (χ3n) is 2.95. The summed E-state index contributed by atoms with van der Waals surface area (Å²) in [6.45, 7) is 0.531. The van der Waals surface area contributed by atoms with Crippen LogP contribution in [0.4, 0.5) is 5.95 Å². The summed E-state index contributed by atoms with van der Waals surface area (Å²) in [7, 11) is 1.54. The minimum Gasteiger partial charge on any atom is -0.479 e. The van der Waals surface area contributed by atoms with Crippen LogP contribution < -0.4 is 10.5 Å². The molecule has 0 atom stereocenters. The van der Waals surface area contributed by atoms with E-state index in [1.165, 1.54) is 13.4 Å². The van der Waals surface area contributed by atoms with Crippen LogP contribution in [0.5, 0.6) is 5.88 Å². The van der Waals surface area contributed by atoms with Crippen LogP contribution in [0.3, 0.4) is 0 Å². The van der Waals surface area contributed by atoms with Gasteiger partial charge in [0, 0.05) is 5.02 Å². The van der Waals surface area contributed by atoms with Gasteiger partial charge in [0.05, 0.1) is 13.7 Å². The molecule has 7 heteroatoms. The van der Waals surface area contributed by atoms with Crippen molar-refractivity contribution >= 4 is 28.7 Å². The van der Waals surface area contributed by atoms with Gasteiger partial charge in [0.15, 0.2) is 11.2 Å². The zero-order valence-electron chi connectivity index (χ0n) is 10.7. The minimum absolute atomic E-state index is 0.360. The van der Waals surface area contributed by atoms with E-state index in [4.69, 9.17) is 22.1 Å². The van der Waals surface area contributed by atoms with Crippen molar-refractivity contribution in [2.24, 2.45) is 0 Å². The second-order valence-corrected chi connectivity index (χ2v) is 4.68. The Morgan fingerprint density at radius 3 is 2.95 bits per heavy atom. The normalized spacial score (nSPS) is 10.9. The predicted molar refractivity (Wildman–Crippen MR) is 76.8 cm³/mol. The highest BCUT2D eigenvalue weighted by molar-refractivity contribution is 6.30. The van der Waals surface area contributed by atoms with Crippen molar-refractivity contribution in [1.82, 2.24) is 19.5 Å². The smallest absolute Gasteiger partial charge is 0.245 e. The van der Waals surface area contributed by atoms with Crippen LogP contribution in [0.1, 0.15) is 5.56 Å². The van der Waals surface area contributed by atoms with Crippen molar-refractivity contribution in [3.05, 3.63) is 41.2 Å². The summed E-state index contributed by atoms with van der Waals surface area (Å²) < 4.78 is 6.96. The van der Waals surface area contributed by atoms with Crippen LogP contribution in [-0.2, 0) is 6.54 Å². The molecule has 3 aromatic rings. The van der Waals surface area contributed by atoms with Gasteiger partial charge in [0.1, 0.15) is 6.33 Å². The van der Waals surface area contributed by atoms with E-state index in [9.17, 15) is 0 Å². The Balaban J connectivity index is 2.10. The third-order valence-corrected chi connectivity index (χ3v) is 3.19. The van der Waals surface area contributed by atoms with Crippen LogP contribution in [0.2, 0.25) is 5.02 Å². The first-order chi connectivity index (χ1) is 9.69. The number of hydrogen-bond acceptors (Lipinski definition) is 5. The predicted octanol–water partition coefficient (Wildman–Crippen LogP) is 2.12. The average Bonchev–Trinajstić information content (AvgIpc) is 2.75. The molecule has 0 radical (unpaired) electrons. The number of benzene rings is 1. The van der Waals surface area contributed by atoms with E-state index in [2.05, 4.69) is 15.0 Å². The summed E-state index contributed by atoms with van der Waals surface area (Å²) in [4.78, 5) is 12.5. The van der Waals surface area contributed by atoms with Crippen molar-refractivity contribution < 1.29 is 4.74 Å². The average molecular weight is 290 g/mol. The van der Waals surface area contributed by atoms with Crippen LogP contribution in [0.25, 0.3) is 11.2 Å². The highest BCUT2D eigenvalue weighted by Crippen LogP contribution is 2.24. The number of nitrogens with two attached hydrogens (primary N) is 1. The van der Waals surface area contributed by atoms with E-state index in [1.54, 1.807) is 4.57 Å². The second kappa shape index (κ2) is 4.97. The van der Waals surface area contributed by atoms with E-state index in [0.717, 1.165) is 5.56 Å². The molecule has 2 heterocycles. The number of nitrogens with zero attached hydrogens (tertiary/aromatic N) is 4. The van der Waals surface area contributed by atoms with Gasteiger partial charge >= 0.3 is 0 Å². The molecule has 2 aromatic heterocycles. The molecule has 0 amide bonds. The Hall–Kier alpha value is -2.34. The molecule has 2 N–H and O–H groups in total. The maximum atomic E-state index is 5.99. The number of halogens is 1. The van der Waals surface area contributed by atoms with Crippen LogP contribution in [-0.4, -0.2) is 26.6 Å². The van der Waals surface area contributed by atoms with Crippen molar-refractivity contribution in [3.63, 3.8) is 0 Å². The number of hydrogen-bond donors (Lipinski definition) is 1. The standard InChI is InChI=1S/C13H12ClN5O/c1-20-12-10-11(16-7-17-12)19(13(15)18-10)6-8-3-2-4-9(14)5-8/h2-5,7H,6H2,1H3,(H2,15,18). The van der Waals surface area contributed by atoms with Crippen LogP contribution in [0, 0.1) is 0 Å². The number of aromatic nitrogens is 4. The Kier molecular flexibility index (Phi) is 3.15. The van der Waals surface area contributed by atoms with Gasteiger partial charge in [0.2, 0.25) is 11.8 Å². The minimum atomic E-state index is 0.360. The zero-order chi connectivity index (χ0) is 14.1. The Bertz CT molecular complexity index is 771. The number of fused-ring (bicyclic) bond motifs is 1. The summed E-state index contributed by atoms with van der Waals surface area (Å²) in [6, 6.07) is 7.56. The van der Waals surface area contributed by atoms with Crippen LogP contribution in [0.15, 0.2) is 30.6 Å². The lowest BCUT2D eigenvalue weighted by molar-refractivity contribution is 0.401. The number of rotatable bonds is 3. The van der Waals surface area contributed by atoms with Gasteiger partial charge in [-0.05, 0) is 17.7 Å². The fraction of sp³-hybridized carbons (Fsp3) is 0.154. The molecule has 102 valence electrons. The number of ether oxygens (including phenoxy) is 1. The first kappa shape index (κ1) is 12.7. The number of anilines is 1. The summed E-state index contributed by atoms with van der Waals surface area (Å²) in [5, 5.41) is 0.678. The topological polar surface area (TPSA) is 78.8 Å². The summed E-state index contributed by atoms with van der Waals surface area (Å²) in [6.07, 6.45) is 1.43. The van der Waals surface area contributed by atoms with E-state index in [1.807, 2.05) is 24.3 Å². The first-order valence-corrected chi connectivity index (χ1v) is 6.32. The molecule has 6 nitrogen and oxygen atoms in total. The molecule has 0 spiro atoms. The van der Waals surface area contributed by atoms with Crippen molar-refractivity contribution in [2.45, 2.75) is 6.54 Å². The highest BCUT2D eigenvalue weighted by Gasteiger charge is 2.14. The maximum absolute atomic E-state index is 5.99. The van der Waals surface area contributed by atoms with Gasteiger partial charge in [-0.3, -0.25) is 4.57 Å². The van der Waals surface area contributed by atoms with Gasteiger partial charge in [-0.1, -0.05) is 23.7 Å². The molecule has 1 aromatic carbocycles. The summed E-state index contributed by atoms with van der Waals surface area (Å²) >= 11 is 5.99. The first-order valence-electron chi connectivity index (χ1n) is 5.94. The monoisotopic (exact) mass is 289 g/mol. The van der Waals surface area contributed by atoms with E-state index < -0.39 is 0 Å². The Morgan fingerprint density at radius 2 is 2.20 bits per heavy atom. The molecule has 0 unspecified atom stereocenters. The molecule has 0 bridgehead atoms. The largest absolute Gasteiger partial charge is 0.479 e. The molecule has 3 rings (SSSR count). The lowest BCUT2D eigenvalue weighted by Gasteiger charge is -2.06. The Labute approximate surface area is 120 Å². The van der Waals surface area contributed by atoms with Crippen molar-refractivity contribution in [1.29, 1.82) is 0 Å². The molecule has 0 aliphatic carbocycles. The van der Waals surface area contributed by atoms with Gasteiger partial charge in [-0.15, -0.1) is 0 Å². The molecule has 0 fully saturated rings. The third kappa shape index (κ3) is 2.14. The summed E-state index contributed by atoms with van der Waals surface area (Å²) in [5.41, 5.74) is 8.16. The maximum Gasteiger partial charge on any atom is 0.245 e. The van der Waals surface area contributed by atoms with Gasteiger partial charge < -0.3 is 10.5 Å². The zero-order valence-corrected chi connectivity index (χ0v) is 11.5. The molecule has 0 aliphatic heterocycles. The molecule has 0 saturated carbocycles. The van der Waals surface area contributed by atoms with Crippen molar-refractivity contribution in [3.8, 4) is 5.88 Å². The van der Waals surface area contributed by atoms with Gasteiger partial charge in [-0.2, -0.15) is 4.98 Å². The number of methoxy groups -OCH3 is 1. The van der Waals surface area contributed by atoms with Crippen LogP contribution >= 0.6 is 11.6 Å². The molecular weight excluding hydrogens is 278 g/mol. The van der Waals surface area contributed by atoms with E-state index >= 15 is 0 Å². The van der Waals surface area contributed by atoms with Crippen molar-refractivity contribution in [2.75, 3.05) is 12.8 Å². The quantitative estimate of drug-likeness (QED) is 0.799. The second-order valence-electron chi connectivity index (χ2n) is 4.24. The fourth-order valence-electron chi connectivity index (χ4n) is 2.06. The summed E-state index contributed by atoms with van der Waals surface area (Å²) in [5.74, 6) is 0.769. The van der Waals surface area contributed by atoms with E-state index in [0.29, 0.717) is 34.6 Å². The molecule has 20 heavy (non-hydrogen) atoms. The highest BCUT2D eigenvalue weighted by atomic mass is 35.5. The fourth-order valence-corrected chi connectivity index (χ4v) is 2.27. The van der Waals surface area contributed by atoms with E-state index in [-0.39, 0.29) is 0 Å². The molecule has 0 aliphatic rings. The molecular formula is C13H12ClN5O.